The minimum atomic E-state index is -1.16. The summed E-state index contributed by atoms with van der Waals surface area (Å²) < 4.78 is 4.78. The summed E-state index contributed by atoms with van der Waals surface area (Å²) >= 11 is 0. The summed E-state index contributed by atoms with van der Waals surface area (Å²) in [7, 11) is 0. The molecule has 0 fully saturated rings. The van der Waals surface area contributed by atoms with Crippen LogP contribution in [0.25, 0.3) is 0 Å². The molecule has 3 nitrogen and oxygen atoms in total. The van der Waals surface area contributed by atoms with E-state index in [-0.39, 0.29) is 6.10 Å². The molecule has 2 atom stereocenters. The molecule has 80 valence electrons. The van der Waals surface area contributed by atoms with Crippen molar-refractivity contribution >= 4 is 6.16 Å². The van der Waals surface area contributed by atoms with Crippen LogP contribution in [0.4, 0.5) is 4.79 Å². The first-order valence-corrected chi connectivity index (χ1v) is 5.24. The number of carbonyl (C=O) groups is 1. The second-order valence-corrected chi connectivity index (χ2v) is 3.83. The molecule has 1 aliphatic carbocycles. The fraction of sp³-hybridized carbons (Fsp3) is 0.727. The summed E-state index contributed by atoms with van der Waals surface area (Å²) in [6, 6.07) is 0. The largest absolute Gasteiger partial charge is 0.506 e. The molecule has 1 aliphatic rings. The van der Waals surface area contributed by atoms with E-state index in [1.54, 1.807) is 0 Å². The van der Waals surface area contributed by atoms with Crippen molar-refractivity contribution in [3.05, 3.63) is 12.2 Å². The van der Waals surface area contributed by atoms with Crippen molar-refractivity contribution in [2.24, 2.45) is 5.92 Å². The first-order chi connectivity index (χ1) is 6.70. The maximum Gasteiger partial charge on any atom is 0.506 e. The lowest BCUT2D eigenvalue weighted by Crippen LogP contribution is -2.23. The normalized spacial score (nSPS) is 24.8. The minimum absolute atomic E-state index is 0.168. The Kier molecular flexibility index (Phi) is 4.50. The quantitative estimate of drug-likeness (QED) is 0.547. The van der Waals surface area contributed by atoms with Gasteiger partial charge in [-0.2, -0.15) is 0 Å². The van der Waals surface area contributed by atoms with E-state index in [4.69, 9.17) is 9.84 Å². The molecule has 0 heterocycles. The Balaban J connectivity index is 2.40. The Hall–Kier alpha value is -0.990. The molecule has 2 unspecified atom stereocenters. The number of hydrogen-bond acceptors (Lipinski definition) is 2. The summed E-state index contributed by atoms with van der Waals surface area (Å²) in [5.41, 5.74) is 0. The van der Waals surface area contributed by atoms with E-state index >= 15 is 0 Å². The smallest absolute Gasteiger partial charge is 0.450 e. The van der Waals surface area contributed by atoms with Gasteiger partial charge in [-0.25, -0.2) is 4.79 Å². The third kappa shape index (κ3) is 3.81. The van der Waals surface area contributed by atoms with E-state index < -0.39 is 6.16 Å². The molecule has 0 bridgehead atoms. The molecule has 0 spiro atoms. The van der Waals surface area contributed by atoms with Crippen LogP contribution < -0.4 is 0 Å². The molecule has 1 rings (SSSR count). The topological polar surface area (TPSA) is 46.5 Å². The van der Waals surface area contributed by atoms with Gasteiger partial charge in [-0.1, -0.05) is 12.2 Å². The van der Waals surface area contributed by atoms with Gasteiger partial charge in [-0.15, -0.1) is 0 Å². The molecule has 0 radical (unpaired) electrons. The molecule has 14 heavy (non-hydrogen) atoms. The van der Waals surface area contributed by atoms with Gasteiger partial charge in [0.2, 0.25) is 0 Å². The van der Waals surface area contributed by atoms with Gasteiger partial charge in [0.15, 0.2) is 0 Å². The molecule has 0 amide bonds. The van der Waals surface area contributed by atoms with Crippen LogP contribution in [-0.4, -0.2) is 17.4 Å². The second kappa shape index (κ2) is 5.68. The molecule has 0 aromatic heterocycles. The fourth-order valence-electron chi connectivity index (χ4n) is 1.91. The van der Waals surface area contributed by atoms with Crippen molar-refractivity contribution in [2.75, 3.05) is 0 Å². The molecule has 0 aromatic carbocycles. The van der Waals surface area contributed by atoms with Crippen molar-refractivity contribution in [2.45, 2.75) is 45.1 Å². The molecular weight excluding hydrogens is 180 g/mol. The summed E-state index contributed by atoms with van der Waals surface area (Å²) in [6.07, 6.45) is 8.44. The average molecular weight is 198 g/mol. The highest BCUT2D eigenvalue weighted by Crippen LogP contribution is 2.23. The predicted octanol–water partition coefficient (Wildman–Crippen LogP) is 3.21. The van der Waals surface area contributed by atoms with Gasteiger partial charge in [0.05, 0.1) is 0 Å². The van der Waals surface area contributed by atoms with Gasteiger partial charge < -0.3 is 9.84 Å². The lowest BCUT2D eigenvalue weighted by atomic mass is 9.90. The molecular formula is C11H18O3. The van der Waals surface area contributed by atoms with E-state index in [1.165, 1.54) is 0 Å². The third-order valence-electron chi connectivity index (χ3n) is 2.77. The van der Waals surface area contributed by atoms with Crippen molar-refractivity contribution in [3.63, 3.8) is 0 Å². The standard InChI is InChI=1S/C11H18O3/c1-9(14-11(12)13)10-7-5-3-2-4-6-8-10/h2-3,9-10H,4-8H2,1H3,(H,12,13). The Morgan fingerprint density at radius 2 is 2.14 bits per heavy atom. The third-order valence-corrected chi connectivity index (χ3v) is 2.77. The lowest BCUT2D eigenvalue weighted by Gasteiger charge is -2.23. The van der Waals surface area contributed by atoms with Crippen molar-refractivity contribution in [1.82, 2.24) is 0 Å². The Morgan fingerprint density at radius 3 is 2.86 bits per heavy atom. The zero-order valence-electron chi connectivity index (χ0n) is 8.61. The first kappa shape index (κ1) is 11.1. The lowest BCUT2D eigenvalue weighted by molar-refractivity contribution is 0.0290. The molecule has 0 aromatic rings. The Labute approximate surface area is 84.8 Å². The highest BCUT2D eigenvalue weighted by Gasteiger charge is 2.20. The number of carboxylic acid groups (broad SMARTS) is 1. The van der Waals surface area contributed by atoms with Crippen molar-refractivity contribution < 1.29 is 14.6 Å². The zero-order chi connectivity index (χ0) is 10.4. The number of ether oxygens (including phenoxy) is 1. The summed E-state index contributed by atoms with van der Waals surface area (Å²) in [6.45, 7) is 1.85. The maximum atomic E-state index is 10.4. The predicted molar refractivity (Wildman–Crippen MR) is 54.3 cm³/mol. The number of hydrogen-bond donors (Lipinski definition) is 1. The van der Waals surface area contributed by atoms with Gasteiger partial charge >= 0.3 is 6.16 Å². The van der Waals surface area contributed by atoms with Gasteiger partial charge in [-0.05, 0) is 44.9 Å². The van der Waals surface area contributed by atoms with Crippen molar-refractivity contribution in [1.29, 1.82) is 0 Å². The van der Waals surface area contributed by atoms with Gasteiger partial charge in [0, 0.05) is 0 Å². The zero-order valence-corrected chi connectivity index (χ0v) is 8.61. The van der Waals surface area contributed by atoms with Gasteiger partial charge in [0.25, 0.3) is 0 Å². The van der Waals surface area contributed by atoms with Crippen LogP contribution in [0.1, 0.15) is 39.0 Å². The highest BCUT2D eigenvalue weighted by atomic mass is 16.7. The van der Waals surface area contributed by atoms with Gasteiger partial charge in [-0.3, -0.25) is 0 Å². The van der Waals surface area contributed by atoms with Crippen LogP contribution in [0.3, 0.4) is 0 Å². The van der Waals surface area contributed by atoms with Crippen LogP contribution in [0.5, 0.6) is 0 Å². The molecule has 0 saturated heterocycles. The molecule has 1 N–H and O–H groups in total. The molecule has 0 aliphatic heterocycles. The fourth-order valence-corrected chi connectivity index (χ4v) is 1.91. The Bertz CT molecular complexity index is 211. The number of rotatable bonds is 2. The molecule has 3 heteroatoms. The average Bonchev–Trinajstić information content (AvgIpc) is 2.00. The SMILES string of the molecule is CC(OC(=O)O)C1CCC=CCCC1. The summed E-state index contributed by atoms with van der Waals surface area (Å²) in [5, 5.41) is 8.50. The van der Waals surface area contributed by atoms with Crippen LogP contribution in [0.2, 0.25) is 0 Å². The second-order valence-electron chi connectivity index (χ2n) is 3.83. The van der Waals surface area contributed by atoms with E-state index in [9.17, 15) is 4.79 Å². The number of allylic oxidation sites excluding steroid dienone is 2. The monoisotopic (exact) mass is 198 g/mol. The summed E-state index contributed by atoms with van der Waals surface area (Å²) in [5.74, 6) is 0.385. The van der Waals surface area contributed by atoms with E-state index in [1.807, 2.05) is 6.92 Å². The van der Waals surface area contributed by atoms with Crippen LogP contribution >= 0.6 is 0 Å². The van der Waals surface area contributed by atoms with Gasteiger partial charge in [0.1, 0.15) is 6.10 Å². The van der Waals surface area contributed by atoms with Crippen LogP contribution in [-0.2, 0) is 4.74 Å². The van der Waals surface area contributed by atoms with Crippen LogP contribution in [0, 0.1) is 5.92 Å². The molecule has 0 saturated carbocycles. The van der Waals surface area contributed by atoms with E-state index in [2.05, 4.69) is 12.2 Å². The van der Waals surface area contributed by atoms with E-state index in [0.717, 1.165) is 32.1 Å². The van der Waals surface area contributed by atoms with Crippen LogP contribution in [0.15, 0.2) is 12.2 Å². The first-order valence-electron chi connectivity index (χ1n) is 5.24. The van der Waals surface area contributed by atoms with Crippen molar-refractivity contribution in [3.8, 4) is 0 Å². The van der Waals surface area contributed by atoms with E-state index in [0.29, 0.717) is 5.92 Å². The Morgan fingerprint density at radius 1 is 1.43 bits per heavy atom. The summed E-state index contributed by atoms with van der Waals surface area (Å²) in [4.78, 5) is 10.4. The minimum Gasteiger partial charge on any atom is -0.450 e. The highest BCUT2D eigenvalue weighted by molar-refractivity contribution is 5.57. The maximum absolute atomic E-state index is 10.4.